The van der Waals surface area contributed by atoms with Gasteiger partial charge in [-0.15, -0.1) is 0 Å². The van der Waals surface area contributed by atoms with Gasteiger partial charge < -0.3 is 19.9 Å². The lowest BCUT2D eigenvalue weighted by Crippen LogP contribution is -2.57. The van der Waals surface area contributed by atoms with Gasteiger partial charge in [0, 0.05) is 19.2 Å². The first-order valence-corrected chi connectivity index (χ1v) is 7.03. The van der Waals surface area contributed by atoms with E-state index in [0.29, 0.717) is 26.3 Å². The lowest BCUT2D eigenvalue weighted by atomic mass is 10.1. The molecule has 0 radical (unpaired) electrons. The Kier molecular flexibility index (Phi) is 5.41. The third-order valence-corrected chi connectivity index (χ3v) is 3.58. The van der Waals surface area contributed by atoms with Gasteiger partial charge in [0.25, 0.3) is 0 Å². The molecule has 1 heterocycles. The molecule has 1 aliphatic heterocycles. The molecule has 0 unspecified atom stereocenters. The maximum absolute atomic E-state index is 11.5. The van der Waals surface area contributed by atoms with Crippen LogP contribution in [0.3, 0.4) is 0 Å². The average Bonchev–Trinajstić information content (AvgIpc) is 2.47. The van der Waals surface area contributed by atoms with Crippen molar-refractivity contribution in [3.63, 3.8) is 0 Å². The number of nitrogens with two attached hydrogens (primary N) is 1. The van der Waals surface area contributed by atoms with E-state index in [9.17, 15) is 4.79 Å². The van der Waals surface area contributed by atoms with Gasteiger partial charge in [-0.05, 0) is 19.1 Å². The van der Waals surface area contributed by atoms with Crippen molar-refractivity contribution in [1.29, 1.82) is 0 Å². The van der Waals surface area contributed by atoms with Crippen LogP contribution >= 0.6 is 0 Å². The molecule has 0 saturated carbocycles. The number of nitrogens with zero attached hydrogens (tertiary/aromatic N) is 1. The van der Waals surface area contributed by atoms with Crippen LogP contribution in [0.25, 0.3) is 0 Å². The molecule has 0 aromatic heterocycles. The number of benzene rings is 1. The van der Waals surface area contributed by atoms with Gasteiger partial charge in [0.2, 0.25) is 5.91 Å². The fourth-order valence-electron chi connectivity index (χ4n) is 2.52. The fraction of sp³-hybridized carbons (Fsp3) is 0.533. The number of carbonyl (C=O) groups excluding carboxylic acids is 1. The molecule has 1 fully saturated rings. The topological polar surface area (TPSA) is 74.0 Å². The molecule has 116 valence electrons. The van der Waals surface area contributed by atoms with Gasteiger partial charge in [-0.25, -0.2) is 0 Å². The summed E-state index contributed by atoms with van der Waals surface area (Å²) in [6, 6.07) is 7.04. The van der Waals surface area contributed by atoms with Gasteiger partial charge in [0.1, 0.15) is 24.1 Å². The summed E-state index contributed by atoms with van der Waals surface area (Å²) in [6.07, 6.45) is -0.187. The SMILES string of the molecule is COc1cccc(OCCN2CCO[C@H](C)[C@H]2C(N)=O)c1. The van der Waals surface area contributed by atoms with Crippen LogP contribution < -0.4 is 15.2 Å². The Labute approximate surface area is 124 Å². The number of primary amides is 1. The van der Waals surface area contributed by atoms with Crippen molar-refractivity contribution in [3.05, 3.63) is 24.3 Å². The smallest absolute Gasteiger partial charge is 0.237 e. The molecule has 0 spiro atoms. The maximum atomic E-state index is 11.5. The first-order chi connectivity index (χ1) is 10.1. The Hall–Kier alpha value is -1.79. The van der Waals surface area contributed by atoms with Crippen LogP contribution in [-0.2, 0) is 9.53 Å². The number of amides is 1. The molecule has 0 bridgehead atoms. The minimum atomic E-state index is -0.396. The first kappa shape index (κ1) is 15.6. The van der Waals surface area contributed by atoms with E-state index in [-0.39, 0.29) is 12.0 Å². The molecular formula is C15H22N2O4. The van der Waals surface area contributed by atoms with Crippen molar-refractivity contribution < 1.29 is 19.0 Å². The van der Waals surface area contributed by atoms with Gasteiger partial charge in [0.15, 0.2) is 0 Å². The number of hydrogen-bond donors (Lipinski definition) is 1. The zero-order valence-electron chi connectivity index (χ0n) is 12.5. The lowest BCUT2D eigenvalue weighted by Gasteiger charge is -2.37. The van der Waals surface area contributed by atoms with Crippen LogP contribution in [0.15, 0.2) is 24.3 Å². The highest BCUT2D eigenvalue weighted by Gasteiger charge is 2.33. The molecule has 1 aromatic carbocycles. The second kappa shape index (κ2) is 7.28. The molecule has 6 heteroatoms. The quantitative estimate of drug-likeness (QED) is 0.834. The fourth-order valence-corrected chi connectivity index (χ4v) is 2.52. The molecule has 1 aliphatic rings. The average molecular weight is 294 g/mol. The summed E-state index contributed by atoms with van der Waals surface area (Å²) in [5.41, 5.74) is 5.45. The van der Waals surface area contributed by atoms with Crippen LogP contribution in [0.4, 0.5) is 0 Å². The predicted molar refractivity (Wildman–Crippen MR) is 78.5 cm³/mol. The summed E-state index contributed by atoms with van der Waals surface area (Å²) in [5, 5.41) is 0. The summed E-state index contributed by atoms with van der Waals surface area (Å²) in [6.45, 7) is 4.25. The van der Waals surface area contributed by atoms with Crippen LogP contribution in [0.2, 0.25) is 0 Å². The highest BCUT2D eigenvalue weighted by molar-refractivity contribution is 5.80. The Balaban J connectivity index is 1.87. The highest BCUT2D eigenvalue weighted by atomic mass is 16.5. The van der Waals surface area contributed by atoms with Crippen LogP contribution in [-0.4, -0.2) is 56.4 Å². The van der Waals surface area contributed by atoms with E-state index in [4.69, 9.17) is 19.9 Å². The monoisotopic (exact) mass is 294 g/mol. The predicted octanol–water partition coefficient (Wildman–Crippen LogP) is 0.649. The third-order valence-electron chi connectivity index (χ3n) is 3.58. The Morgan fingerprint density at radius 2 is 2.24 bits per heavy atom. The third kappa shape index (κ3) is 4.09. The normalized spacial score (nSPS) is 22.8. The number of rotatable bonds is 6. The Morgan fingerprint density at radius 3 is 2.95 bits per heavy atom. The standard InChI is InChI=1S/C15H22N2O4/c1-11-14(15(16)18)17(6-8-20-11)7-9-21-13-5-3-4-12(10-13)19-2/h3-5,10-11,14H,6-9H2,1-2H3,(H2,16,18)/t11-,14+/m1/s1. The van der Waals surface area contributed by atoms with Crippen molar-refractivity contribution >= 4 is 5.91 Å². The number of ether oxygens (including phenoxy) is 3. The van der Waals surface area contributed by atoms with Crippen LogP contribution in [0.1, 0.15) is 6.92 Å². The first-order valence-electron chi connectivity index (χ1n) is 7.03. The van der Waals surface area contributed by atoms with E-state index in [1.54, 1.807) is 7.11 Å². The molecule has 2 atom stereocenters. The maximum Gasteiger partial charge on any atom is 0.237 e. The Bertz CT molecular complexity index is 480. The van der Waals surface area contributed by atoms with Gasteiger partial charge in [-0.2, -0.15) is 0 Å². The van der Waals surface area contributed by atoms with Crippen molar-refractivity contribution in [2.75, 3.05) is 33.4 Å². The van der Waals surface area contributed by atoms with Crippen LogP contribution in [0, 0.1) is 0 Å². The molecule has 2 rings (SSSR count). The summed E-state index contributed by atoms with van der Waals surface area (Å²) in [5.74, 6) is 1.14. The van der Waals surface area contributed by atoms with E-state index in [1.165, 1.54) is 0 Å². The van der Waals surface area contributed by atoms with Gasteiger partial charge >= 0.3 is 0 Å². The summed E-state index contributed by atoms with van der Waals surface area (Å²) in [7, 11) is 1.62. The molecule has 0 aliphatic carbocycles. The molecule has 2 N–H and O–H groups in total. The van der Waals surface area contributed by atoms with Crippen molar-refractivity contribution in [1.82, 2.24) is 4.90 Å². The second-order valence-corrected chi connectivity index (χ2v) is 4.99. The second-order valence-electron chi connectivity index (χ2n) is 4.99. The molecule has 1 aromatic rings. The van der Waals surface area contributed by atoms with Crippen molar-refractivity contribution in [2.45, 2.75) is 19.1 Å². The van der Waals surface area contributed by atoms with E-state index in [1.807, 2.05) is 36.1 Å². The summed E-state index contributed by atoms with van der Waals surface area (Å²) >= 11 is 0. The highest BCUT2D eigenvalue weighted by Crippen LogP contribution is 2.19. The minimum Gasteiger partial charge on any atom is -0.497 e. The number of hydrogen-bond acceptors (Lipinski definition) is 5. The molecule has 1 saturated heterocycles. The van der Waals surface area contributed by atoms with Crippen molar-refractivity contribution in [3.8, 4) is 11.5 Å². The van der Waals surface area contributed by atoms with E-state index >= 15 is 0 Å². The molecule has 21 heavy (non-hydrogen) atoms. The number of carbonyl (C=O) groups is 1. The van der Waals surface area contributed by atoms with Gasteiger partial charge in [0.05, 0.1) is 19.8 Å². The lowest BCUT2D eigenvalue weighted by molar-refractivity contribution is -0.136. The number of methoxy groups -OCH3 is 1. The largest absolute Gasteiger partial charge is 0.497 e. The number of morpholine rings is 1. The van der Waals surface area contributed by atoms with Crippen LogP contribution in [0.5, 0.6) is 11.5 Å². The summed E-state index contributed by atoms with van der Waals surface area (Å²) < 4.78 is 16.3. The minimum absolute atomic E-state index is 0.187. The van der Waals surface area contributed by atoms with E-state index < -0.39 is 6.04 Å². The van der Waals surface area contributed by atoms with Gasteiger partial charge in [-0.3, -0.25) is 9.69 Å². The van der Waals surface area contributed by atoms with Gasteiger partial charge in [-0.1, -0.05) is 6.07 Å². The van der Waals surface area contributed by atoms with Crippen molar-refractivity contribution in [2.24, 2.45) is 5.73 Å². The summed E-state index contributed by atoms with van der Waals surface area (Å²) in [4.78, 5) is 13.5. The molecule has 6 nitrogen and oxygen atoms in total. The Morgan fingerprint density at radius 1 is 1.48 bits per heavy atom. The zero-order chi connectivity index (χ0) is 15.2. The zero-order valence-corrected chi connectivity index (χ0v) is 12.5. The van der Waals surface area contributed by atoms with E-state index in [0.717, 1.165) is 11.5 Å². The molecule has 1 amide bonds. The van der Waals surface area contributed by atoms with E-state index in [2.05, 4.69) is 0 Å². The molecular weight excluding hydrogens is 272 g/mol.